The SMILES string of the molecule is CCC(NC(C)Cc1cccs1)c1cc(Br)ccc1O. The Balaban J connectivity index is 2.06. The summed E-state index contributed by atoms with van der Waals surface area (Å²) in [6, 6.07) is 10.4. The van der Waals surface area contributed by atoms with Gasteiger partial charge in [-0.05, 0) is 49.4 Å². The number of thiophene rings is 1. The molecule has 2 nitrogen and oxygen atoms in total. The molecule has 2 N–H and O–H groups in total. The highest BCUT2D eigenvalue weighted by Gasteiger charge is 2.16. The second-order valence-corrected chi connectivity index (χ2v) is 6.96. The van der Waals surface area contributed by atoms with Crippen molar-refractivity contribution in [1.82, 2.24) is 5.32 Å². The molecule has 1 aromatic carbocycles. The molecule has 20 heavy (non-hydrogen) atoms. The van der Waals surface area contributed by atoms with Crippen molar-refractivity contribution in [2.75, 3.05) is 0 Å². The van der Waals surface area contributed by atoms with E-state index in [2.05, 4.69) is 52.6 Å². The summed E-state index contributed by atoms with van der Waals surface area (Å²) in [4.78, 5) is 1.39. The first-order chi connectivity index (χ1) is 9.60. The number of halogens is 1. The highest BCUT2D eigenvalue weighted by molar-refractivity contribution is 9.10. The van der Waals surface area contributed by atoms with Crippen LogP contribution in [0.4, 0.5) is 0 Å². The first-order valence-corrected chi connectivity index (χ1v) is 8.54. The second-order valence-electron chi connectivity index (χ2n) is 5.02. The molecule has 0 radical (unpaired) electrons. The van der Waals surface area contributed by atoms with Gasteiger partial charge in [0.25, 0.3) is 0 Å². The number of phenols is 1. The van der Waals surface area contributed by atoms with Crippen LogP contribution in [0.3, 0.4) is 0 Å². The summed E-state index contributed by atoms with van der Waals surface area (Å²) in [6.45, 7) is 4.33. The Hall–Kier alpha value is -0.840. The summed E-state index contributed by atoms with van der Waals surface area (Å²) in [5.74, 6) is 0.357. The fraction of sp³-hybridized carbons (Fsp3) is 0.375. The van der Waals surface area contributed by atoms with Crippen LogP contribution < -0.4 is 5.32 Å². The summed E-state index contributed by atoms with van der Waals surface area (Å²) in [7, 11) is 0. The Kier molecular flexibility index (Phi) is 5.64. The van der Waals surface area contributed by atoms with E-state index < -0.39 is 0 Å². The molecule has 0 bridgehead atoms. The maximum atomic E-state index is 10.0. The minimum absolute atomic E-state index is 0.169. The average molecular weight is 354 g/mol. The van der Waals surface area contributed by atoms with Crippen LogP contribution in [0.1, 0.15) is 36.8 Å². The molecule has 2 unspecified atom stereocenters. The monoisotopic (exact) mass is 353 g/mol. The van der Waals surface area contributed by atoms with Crippen LogP contribution in [-0.4, -0.2) is 11.1 Å². The van der Waals surface area contributed by atoms with Gasteiger partial charge >= 0.3 is 0 Å². The Morgan fingerprint density at radius 2 is 2.15 bits per heavy atom. The van der Waals surface area contributed by atoms with Gasteiger partial charge in [0.05, 0.1) is 0 Å². The van der Waals surface area contributed by atoms with Gasteiger partial charge in [-0.1, -0.05) is 28.9 Å². The van der Waals surface area contributed by atoms with E-state index in [1.54, 1.807) is 17.4 Å². The molecule has 2 rings (SSSR count). The molecule has 0 saturated carbocycles. The van der Waals surface area contributed by atoms with Crippen LogP contribution in [0.25, 0.3) is 0 Å². The molecule has 0 amide bonds. The van der Waals surface area contributed by atoms with E-state index in [1.807, 2.05) is 12.1 Å². The van der Waals surface area contributed by atoms with Gasteiger partial charge in [0.1, 0.15) is 5.75 Å². The largest absolute Gasteiger partial charge is 0.508 e. The third-order valence-corrected chi connectivity index (χ3v) is 4.74. The van der Waals surface area contributed by atoms with Crippen molar-refractivity contribution in [2.24, 2.45) is 0 Å². The third-order valence-electron chi connectivity index (χ3n) is 3.35. The van der Waals surface area contributed by atoms with Crippen LogP contribution in [0.15, 0.2) is 40.2 Å². The quantitative estimate of drug-likeness (QED) is 0.774. The number of hydrogen-bond donors (Lipinski definition) is 2. The van der Waals surface area contributed by atoms with E-state index in [9.17, 15) is 5.11 Å². The standard InChI is InChI=1S/C16H20BrNOS/c1-3-15(14-10-12(17)6-7-16(14)19)18-11(2)9-13-5-4-8-20-13/h4-8,10-11,15,18-19H,3,9H2,1-2H3. The number of phenolic OH excluding ortho intramolecular Hbond substituents is 1. The lowest BCUT2D eigenvalue weighted by molar-refractivity contribution is 0.414. The van der Waals surface area contributed by atoms with E-state index >= 15 is 0 Å². The van der Waals surface area contributed by atoms with Gasteiger partial charge in [-0.15, -0.1) is 11.3 Å². The molecule has 1 aromatic heterocycles. The highest BCUT2D eigenvalue weighted by Crippen LogP contribution is 2.30. The molecular weight excluding hydrogens is 334 g/mol. The molecule has 108 valence electrons. The Morgan fingerprint density at radius 3 is 2.80 bits per heavy atom. The average Bonchev–Trinajstić information content (AvgIpc) is 2.92. The molecule has 0 aliphatic carbocycles. The Morgan fingerprint density at radius 1 is 1.35 bits per heavy atom. The van der Waals surface area contributed by atoms with Crippen LogP contribution in [-0.2, 0) is 6.42 Å². The fourth-order valence-corrected chi connectivity index (χ4v) is 3.58. The van der Waals surface area contributed by atoms with E-state index in [-0.39, 0.29) is 6.04 Å². The molecule has 1 heterocycles. The first-order valence-electron chi connectivity index (χ1n) is 6.87. The smallest absolute Gasteiger partial charge is 0.120 e. The van der Waals surface area contributed by atoms with Crippen molar-refractivity contribution >= 4 is 27.3 Å². The van der Waals surface area contributed by atoms with Gasteiger partial charge in [-0.2, -0.15) is 0 Å². The Labute approximate surface area is 133 Å². The molecule has 0 saturated heterocycles. The van der Waals surface area contributed by atoms with Crippen molar-refractivity contribution in [3.05, 3.63) is 50.6 Å². The van der Waals surface area contributed by atoms with Crippen LogP contribution in [0.2, 0.25) is 0 Å². The Bertz CT molecular complexity index is 541. The summed E-state index contributed by atoms with van der Waals surface area (Å²) >= 11 is 5.26. The normalized spacial score (nSPS) is 14.2. The lowest BCUT2D eigenvalue weighted by Crippen LogP contribution is -2.31. The lowest BCUT2D eigenvalue weighted by atomic mass is 10.0. The highest BCUT2D eigenvalue weighted by atomic mass is 79.9. The minimum atomic E-state index is 0.169. The predicted molar refractivity (Wildman–Crippen MR) is 89.5 cm³/mol. The molecule has 0 fully saturated rings. The van der Waals surface area contributed by atoms with Crippen molar-refractivity contribution in [2.45, 2.75) is 38.8 Å². The van der Waals surface area contributed by atoms with Gasteiger partial charge < -0.3 is 10.4 Å². The molecule has 4 heteroatoms. The fourth-order valence-electron chi connectivity index (χ4n) is 2.36. The maximum Gasteiger partial charge on any atom is 0.120 e. The minimum Gasteiger partial charge on any atom is -0.508 e. The van der Waals surface area contributed by atoms with Crippen molar-refractivity contribution in [3.63, 3.8) is 0 Å². The molecule has 0 aliphatic rings. The van der Waals surface area contributed by atoms with E-state index in [1.165, 1.54) is 4.88 Å². The zero-order chi connectivity index (χ0) is 14.5. The predicted octanol–water partition coefficient (Wildman–Crippen LogP) is 4.89. The van der Waals surface area contributed by atoms with Gasteiger partial charge in [0.15, 0.2) is 0 Å². The van der Waals surface area contributed by atoms with Crippen LogP contribution >= 0.6 is 27.3 Å². The van der Waals surface area contributed by atoms with Crippen LogP contribution in [0, 0.1) is 0 Å². The first kappa shape index (κ1) is 15.5. The van der Waals surface area contributed by atoms with Gasteiger partial charge in [-0.25, -0.2) is 0 Å². The number of aromatic hydroxyl groups is 1. The summed E-state index contributed by atoms with van der Waals surface area (Å²) in [5.41, 5.74) is 0.958. The van der Waals surface area contributed by atoms with E-state index in [0.29, 0.717) is 11.8 Å². The number of nitrogens with one attached hydrogen (secondary N) is 1. The zero-order valence-corrected chi connectivity index (χ0v) is 14.2. The molecule has 2 aromatic rings. The maximum absolute atomic E-state index is 10.0. The third kappa shape index (κ3) is 4.08. The summed E-state index contributed by atoms with van der Waals surface area (Å²) < 4.78 is 0.997. The molecule has 2 atom stereocenters. The zero-order valence-electron chi connectivity index (χ0n) is 11.8. The van der Waals surface area contributed by atoms with Gasteiger partial charge in [0.2, 0.25) is 0 Å². The second kappa shape index (κ2) is 7.25. The van der Waals surface area contributed by atoms with E-state index in [0.717, 1.165) is 22.9 Å². The van der Waals surface area contributed by atoms with Gasteiger partial charge in [-0.3, -0.25) is 0 Å². The molecule has 0 aliphatic heterocycles. The molecular formula is C16H20BrNOS. The van der Waals surface area contributed by atoms with Crippen LogP contribution in [0.5, 0.6) is 5.75 Å². The van der Waals surface area contributed by atoms with Crippen molar-refractivity contribution in [3.8, 4) is 5.75 Å². The van der Waals surface area contributed by atoms with E-state index in [4.69, 9.17) is 0 Å². The number of rotatable bonds is 6. The summed E-state index contributed by atoms with van der Waals surface area (Å²) in [5, 5.41) is 15.8. The summed E-state index contributed by atoms with van der Waals surface area (Å²) in [6.07, 6.45) is 1.96. The van der Waals surface area contributed by atoms with Crippen molar-refractivity contribution < 1.29 is 5.11 Å². The lowest BCUT2D eigenvalue weighted by Gasteiger charge is -2.23. The number of hydrogen-bond acceptors (Lipinski definition) is 3. The molecule has 0 spiro atoms. The number of benzene rings is 1. The van der Waals surface area contributed by atoms with Gasteiger partial charge in [0, 0.05) is 27.0 Å². The van der Waals surface area contributed by atoms with Crippen molar-refractivity contribution in [1.29, 1.82) is 0 Å². The topological polar surface area (TPSA) is 32.3 Å².